The van der Waals surface area contributed by atoms with Crippen molar-refractivity contribution in [1.29, 1.82) is 0 Å². The molecular weight excluding hydrogens is 297 g/mol. The summed E-state index contributed by atoms with van der Waals surface area (Å²) < 4.78 is 16.2. The summed E-state index contributed by atoms with van der Waals surface area (Å²) in [6.07, 6.45) is 0.0868. The number of carbonyl (C=O) groups excluding carboxylic acids is 1. The number of nitrogens with one attached hydrogen (secondary N) is 1. The fraction of sp³-hybridized carbons (Fsp3) is 0.176. The molecule has 0 fully saturated rings. The third-order valence-corrected chi connectivity index (χ3v) is 3.81. The van der Waals surface area contributed by atoms with Gasteiger partial charge in [-0.25, -0.2) is 9.18 Å². The monoisotopic (exact) mass is 313 g/mol. The Balaban J connectivity index is 1.82. The molecule has 118 valence electrons. The molecule has 0 aliphatic heterocycles. The minimum Gasteiger partial charge on any atom is -0.326 e. The van der Waals surface area contributed by atoms with Crippen molar-refractivity contribution in [3.05, 3.63) is 64.3 Å². The van der Waals surface area contributed by atoms with Crippen LogP contribution >= 0.6 is 0 Å². The zero-order valence-electron chi connectivity index (χ0n) is 12.8. The third-order valence-electron chi connectivity index (χ3n) is 3.81. The SMILES string of the molecule is Cn1c(=O)n(C)c2cc(NC(=O)Cc3cccc(F)c3)ccc21. The topological polar surface area (TPSA) is 56.0 Å². The molecule has 6 heteroatoms. The van der Waals surface area contributed by atoms with Crippen LogP contribution in [0.4, 0.5) is 10.1 Å². The van der Waals surface area contributed by atoms with Gasteiger partial charge >= 0.3 is 5.69 Å². The first kappa shape index (κ1) is 15.0. The van der Waals surface area contributed by atoms with Crippen molar-refractivity contribution < 1.29 is 9.18 Å². The number of halogens is 1. The van der Waals surface area contributed by atoms with Crippen molar-refractivity contribution in [2.75, 3.05) is 5.32 Å². The lowest BCUT2D eigenvalue weighted by molar-refractivity contribution is -0.115. The van der Waals surface area contributed by atoms with E-state index in [2.05, 4.69) is 5.32 Å². The van der Waals surface area contributed by atoms with E-state index in [4.69, 9.17) is 0 Å². The van der Waals surface area contributed by atoms with Gasteiger partial charge < -0.3 is 5.32 Å². The van der Waals surface area contributed by atoms with Crippen molar-refractivity contribution in [3.63, 3.8) is 0 Å². The molecule has 2 aromatic carbocycles. The number of nitrogens with zero attached hydrogens (tertiary/aromatic N) is 2. The van der Waals surface area contributed by atoms with Crippen LogP contribution < -0.4 is 11.0 Å². The number of aryl methyl sites for hydroxylation is 2. The van der Waals surface area contributed by atoms with Crippen molar-refractivity contribution in [2.24, 2.45) is 14.1 Å². The summed E-state index contributed by atoms with van der Waals surface area (Å²) in [6.45, 7) is 0. The van der Waals surface area contributed by atoms with Crippen LogP contribution in [0.1, 0.15) is 5.56 Å². The molecule has 0 saturated carbocycles. The van der Waals surface area contributed by atoms with E-state index in [9.17, 15) is 14.0 Å². The fourth-order valence-corrected chi connectivity index (χ4v) is 2.62. The highest BCUT2D eigenvalue weighted by atomic mass is 19.1. The molecule has 0 aliphatic carbocycles. The first-order chi connectivity index (χ1) is 11.0. The van der Waals surface area contributed by atoms with E-state index < -0.39 is 0 Å². The molecule has 1 N–H and O–H groups in total. The number of rotatable bonds is 3. The van der Waals surface area contributed by atoms with Gasteiger partial charge in [-0.3, -0.25) is 13.9 Å². The summed E-state index contributed by atoms with van der Waals surface area (Å²) in [7, 11) is 3.38. The molecule has 5 nitrogen and oxygen atoms in total. The Morgan fingerprint density at radius 1 is 1.09 bits per heavy atom. The van der Waals surface area contributed by atoms with Crippen molar-refractivity contribution >= 4 is 22.6 Å². The maximum atomic E-state index is 13.1. The third kappa shape index (κ3) is 2.88. The second-order valence-corrected chi connectivity index (χ2v) is 5.46. The second kappa shape index (κ2) is 5.72. The van der Waals surface area contributed by atoms with Gasteiger partial charge in [0, 0.05) is 19.8 Å². The fourth-order valence-electron chi connectivity index (χ4n) is 2.62. The highest BCUT2D eigenvalue weighted by molar-refractivity contribution is 5.94. The van der Waals surface area contributed by atoms with Crippen LogP contribution in [-0.2, 0) is 25.3 Å². The first-order valence-electron chi connectivity index (χ1n) is 7.15. The maximum Gasteiger partial charge on any atom is 0.328 e. The average molecular weight is 313 g/mol. The van der Waals surface area contributed by atoms with Gasteiger partial charge in [0.2, 0.25) is 5.91 Å². The van der Waals surface area contributed by atoms with Gasteiger partial charge in [0.05, 0.1) is 17.5 Å². The summed E-state index contributed by atoms with van der Waals surface area (Å²) in [6, 6.07) is 11.2. The van der Waals surface area contributed by atoms with Gasteiger partial charge in [-0.2, -0.15) is 0 Å². The quantitative estimate of drug-likeness (QED) is 0.806. The predicted octanol–water partition coefficient (Wildman–Crippen LogP) is 2.20. The number of benzene rings is 2. The van der Waals surface area contributed by atoms with E-state index in [1.807, 2.05) is 0 Å². The van der Waals surface area contributed by atoms with Crippen LogP contribution in [0.15, 0.2) is 47.3 Å². The normalized spacial score (nSPS) is 10.9. The molecule has 3 aromatic rings. The first-order valence-corrected chi connectivity index (χ1v) is 7.15. The molecule has 0 saturated heterocycles. The number of fused-ring (bicyclic) bond motifs is 1. The predicted molar refractivity (Wildman–Crippen MR) is 86.9 cm³/mol. The van der Waals surface area contributed by atoms with Gasteiger partial charge in [0.1, 0.15) is 5.82 Å². The number of anilines is 1. The summed E-state index contributed by atoms with van der Waals surface area (Å²) in [5, 5.41) is 2.77. The molecule has 0 radical (unpaired) electrons. The van der Waals surface area contributed by atoms with Gasteiger partial charge in [0.25, 0.3) is 0 Å². The van der Waals surface area contributed by atoms with E-state index in [-0.39, 0.29) is 23.8 Å². The van der Waals surface area contributed by atoms with E-state index in [0.717, 1.165) is 11.0 Å². The molecule has 0 unspecified atom stereocenters. The lowest BCUT2D eigenvalue weighted by Gasteiger charge is -2.06. The van der Waals surface area contributed by atoms with Gasteiger partial charge in [0.15, 0.2) is 0 Å². The minimum atomic E-state index is -0.365. The molecular formula is C17H16FN3O2. The number of carbonyl (C=O) groups is 1. The van der Waals surface area contributed by atoms with Crippen LogP contribution in [0.25, 0.3) is 11.0 Å². The molecule has 23 heavy (non-hydrogen) atoms. The number of amides is 1. The Morgan fingerprint density at radius 2 is 1.83 bits per heavy atom. The van der Waals surface area contributed by atoms with Crippen molar-refractivity contribution in [2.45, 2.75) is 6.42 Å². The largest absolute Gasteiger partial charge is 0.328 e. The van der Waals surface area contributed by atoms with Gasteiger partial charge in [-0.15, -0.1) is 0 Å². The smallest absolute Gasteiger partial charge is 0.326 e. The summed E-state index contributed by atoms with van der Waals surface area (Å²) in [5.74, 6) is -0.605. The lowest BCUT2D eigenvalue weighted by atomic mass is 10.1. The Bertz CT molecular complexity index is 956. The zero-order chi connectivity index (χ0) is 16.6. The molecule has 1 heterocycles. The van der Waals surface area contributed by atoms with E-state index in [0.29, 0.717) is 11.3 Å². The maximum absolute atomic E-state index is 13.1. The molecule has 0 spiro atoms. The standard InChI is InChI=1S/C17H16FN3O2/c1-20-14-7-6-13(10-15(14)21(2)17(20)23)19-16(22)9-11-4-3-5-12(18)8-11/h3-8,10H,9H2,1-2H3,(H,19,22). The van der Waals surface area contributed by atoms with Crippen LogP contribution in [0.5, 0.6) is 0 Å². The molecule has 0 bridgehead atoms. The Labute approximate surface area is 132 Å². The molecule has 1 aromatic heterocycles. The molecule has 1 amide bonds. The van der Waals surface area contributed by atoms with E-state index in [1.165, 1.54) is 16.7 Å². The second-order valence-electron chi connectivity index (χ2n) is 5.46. The average Bonchev–Trinajstić information content (AvgIpc) is 2.72. The number of hydrogen-bond acceptors (Lipinski definition) is 2. The van der Waals surface area contributed by atoms with Gasteiger partial charge in [-0.1, -0.05) is 12.1 Å². The number of imidazole rings is 1. The van der Waals surface area contributed by atoms with Gasteiger partial charge in [-0.05, 0) is 35.9 Å². The summed E-state index contributed by atoms with van der Waals surface area (Å²) in [5.41, 5.74) is 2.61. The molecule has 3 rings (SSSR count). The van der Waals surface area contributed by atoms with E-state index >= 15 is 0 Å². The number of hydrogen-bond donors (Lipinski definition) is 1. The van der Waals surface area contributed by atoms with Crippen LogP contribution in [0.2, 0.25) is 0 Å². The summed E-state index contributed by atoms with van der Waals surface area (Å²) >= 11 is 0. The molecule has 0 atom stereocenters. The van der Waals surface area contributed by atoms with E-state index in [1.54, 1.807) is 49.0 Å². The van der Waals surface area contributed by atoms with Crippen LogP contribution in [-0.4, -0.2) is 15.0 Å². The number of aromatic nitrogens is 2. The lowest BCUT2D eigenvalue weighted by Crippen LogP contribution is -2.19. The zero-order valence-corrected chi connectivity index (χ0v) is 12.8. The minimum absolute atomic E-state index is 0.0868. The summed E-state index contributed by atoms with van der Waals surface area (Å²) in [4.78, 5) is 24.0. The Kier molecular flexibility index (Phi) is 3.73. The van der Waals surface area contributed by atoms with Crippen molar-refractivity contribution in [3.8, 4) is 0 Å². The highest BCUT2D eigenvalue weighted by Crippen LogP contribution is 2.18. The van der Waals surface area contributed by atoms with Crippen LogP contribution in [0.3, 0.4) is 0 Å². The highest BCUT2D eigenvalue weighted by Gasteiger charge is 2.10. The Morgan fingerprint density at radius 3 is 2.57 bits per heavy atom. The Hall–Kier alpha value is -2.89. The van der Waals surface area contributed by atoms with Crippen molar-refractivity contribution in [1.82, 2.24) is 9.13 Å². The molecule has 0 aliphatic rings. The van der Waals surface area contributed by atoms with Crippen LogP contribution in [0, 0.1) is 5.82 Å².